The van der Waals surface area contributed by atoms with Gasteiger partial charge in [-0.2, -0.15) is 0 Å². The zero-order chi connectivity index (χ0) is 20.1. The monoisotopic (exact) mass is 386 g/mol. The van der Waals surface area contributed by atoms with Crippen LogP contribution in [0.5, 0.6) is 0 Å². The van der Waals surface area contributed by atoms with Crippen LogP contribution in [0.3, 0.4) is 0 Å². The average Bonchev–Trinajstić information content (AvgIpc) is 3.27. The van der Waals surface area contributed by atoms with Crippen molar-refractivity contribution in [3.8, 4) is 22.4 Å². The first kappa shape index (κ1) is 16.9. The molecule has 0 aliphatic heterocycles. The summed E-state index contributed by atoms with van der Waals surface area (Å²) in [5, 5.41) is 4.57. The maximum atomic E-state index is 5.67. The topological polar surface area (TPSA) is 38.9 Å². The van der Waals surface area contributed by atoms with E-state index >= 15 is 0 Å². The molecule has 0 unspecified atom stereocenters. The van der Waals surface area contributed by atoms with Crippen LogP contribution < -0.4 is 0 Å². The lowest BCUT2D eigenvalue weighted by molar-refractivity contribution is 0.618. The lowest BCUT2D eigenvalue weighted by atomic mass is 9.97. The molecule has 0 aliphatic rings. The first-order valence-electron chi connectivity index (χ1n) is 9.99. The predicted molar refractivity (Wildman–Crippen MR) is 122 cm³/mol. The number of fused-ring (bicyclic) bond motifs is 4. The molecule has 0 aliphatic carbocycles. The van der Waals surface area contributed by atoms with Gasteiger partial charge < -0.3 is 4.42 Å². The third-order valence-corrected chi connectivity index (χ3v) is 5.69. The molecule has 3 nitrogen and oxygen atoms in total. The number of benzene rings is 3. The van der Waals surface area contributed by atoms with Crippen LogP contribution in [-0.4, -0.2) is 9.97 Å². The largest absolute Gasteiger partial charge is 0.462 e. The summed E-state index contributed by atoms with van der Waals surface area (Å²) in [5.74, 6) is 0. The number of rotatable bonds is 2. The van der Waals surface area contributed by atoms with E-state index in [0.29, 0.717) is 0 Å². The zero-order valence-electron chi connectivity index (χ0n) is 16.5. The quantitative estimate of drug-likeness (QED) is 0.317. The molecular formula is C27H18N2O. The summed E-state index contributed by atoms with van der Waals surface area (Å²) in [7, 11) is 0. The van der Waals surface area contributed by atoms with Crippen molar-refractivity contribution in [3.05, 3.63) is 97.0 Å². The van der Waals surface area contributed by atoms with Crippen LogP contribution in [0.25, 0.3) is 55.0 Å². The number of hydrogen-bond donors (Lipinski definition) is 0. The number of pyridine rings is 2. The highest BCUT2D eigenvalue weighted by atomic mass is 16.3. The Kier molecular flexibility index (Phi) is 3.68. The number of furan rings is 1. The van der Waals surface area contributed by atoms with Crippen LogP contribution in [0.2, 0.25) is 0 Å². The Balaban J connectivity index is 1.51. The Morgan fingerprint density at radius 1 is 0.733 bits per heavy atom. The van der Waals surface area contributed by atoms with Crippen LogP contribution in [0.4, 0.5) is 0 Å². The number of nitrogens with zero attached hydrogens (tertiary/aromatic N) is 2. The van der Waals surface area contributed by atoms with Crippen molar-refractivity contribution in [1.82, 2.24) is 9.97 Å². The van der Waals surface area contributed by atoms with Crippen LogP contribution >= 0.6 is 0 Å². The molecule has 3 aromatic carbocycles. The van der Waals surface area contributed by atoms with Gasteiger partial charge in [-0.25, -0.2) is 0 Å². The first-order valence-corrected chi connectivity index (χ1v) is 9.99. The second-order valence-electron chi connectivity index (χ2n) is 7.62. The number of hydrogen-bond acceptors (Lipinski definition) is 3. The highest BCUT2D eigenvalue weighted by Crippen LogP contribution is 2.35. The van der Waals surface area contributed by atoms with Gasteiger partial charge in [-0.05, 0) is 47.5 Å². The third kappa shape index (κ3) is 2.60. The molecule has 6 aromatic rings. The van der Waals surface area contributed by atoms with Crippen molar-refractivity contribution in [1.29, 1.82) is 0 Å². The van der Waals surface area contributed by atoms with Gasteiger partial charge in [0.15, 0.2) is 5.58 Å². The molecule has 0 fully saturated rings. The van der Waals surface area contributed by atoms with Crippen LogP contribution in [-0.2, 0) is 0 Å². The molecule has 3 heteroatoms. The maximum absolute atomic E-state index is 5.67. The first-order chi connectivity index (χ1) is 14.8. The summed E-state index contributed by atoms with van der Waals surface area (Å²) in [6, 6.07) is 25.4. The second kappa shape index (κ2) is 6.53. The SMILES string of the molecule is Cc1ccc2c(-c3ccc(-c4cc5ccoc5c5ncccc45)nc3)cccc2c1. The van der Waals surface area contributed by atoms with Crippen molar-refractivity contribution >= 4 is 32.6 Å². The summed E-state index contributed by atoms with van der Waals surface area (Å²) in [4.78, 5) is 9.39. The van der Waals surface area contributed by atoms with E-state index in [9.17, 15) is 0 Å². The van der Waals surface area contributed by atoms with E-state index in [1.807, 2.05) is 18.3 Å². The molecule has 3 aromatic heterocycles. The van der Waals surface area contributed by atoms with Crippen molar-refractivity contribution in [2.24, 2.45) is 0 Å². The molecule has 0 saturated carbocycles. The Bertz CT molecular complexity index is 1540. The van der Waals surface area contributed by atoms with Crippen molar-refractivity contribution in [2.45, 2.75) is 6.92 Å². The van der Waals surface area contributed by atoms with Crippen molar-refractivity contribution < 1.29 is 4.42 Å². The molecule has 30 heavy (non-hydrogen) atoms. The fourth-order valence-corrected chi connectivity index (χ4v) is 4.24. The summed E-state index contributed by atoms with van der Waals surface area (Å²) in [5.41, 5.74) is 7.25. The second-order valence-corrected chi connectivity index (χ2v) is 7.62. The normalized spacial score (nSPS) is 11.5. The van der Waals surface area contributed by atoms with E-state index in [4.69, 9.17) is 9.40 Å². The van der Waals surface area contributed by atoms with E-state index in [2.05, 4.69) is 72.6 Å². The molecule has 0 bridgehead atoms. The van der Waals surface area contributed by atoms with Gasteiger partial charge in [-0.1, -0.05) is 54.1 Å². The standard InChI is InChI=1S/C27H18N2O/c1-17-7-9-22-18(14-17)4-2-5-21(22)20-8-10-25(29-16-20)24-15-19-11-13-30-27(19)26-23(24)6-3-12-28-26/h2-16H,1H3. The summed E-state index contributed by atoms with van der Waals surface area (Å²) in [6.07, 6.45) is 5.47. The lowest BCUT2D eigenvalue weighted by Gasteiger charge is -2.10. The van der Waals surface area contributed by atoms with E-state index in [1.165, 1.54) is 21.9 Å². The summed E-state index contributed by atoms with van der Waals surface area (Å²) in [6.45, 7) is 2.12. The Hall–Kier alpha value is -3.98. The van der Waals surface area contributed by atoms with Gasteiger partial charge in [0, 0.05) is 34.3 Å². The van der Waals surface area contributed by atoms with Crippen LogP contribution in [0.15, 0.2) is 95.9 Å². The van der Waals surface area contributed by atoms with E-state index in [0.717, 1.165) is 38.7 Å². The Labute approximate surface area is 173 Å². The van der Waals surface area contributed by atoms with Gasteiger partial charge in [0.05, 0.1) is 12.0 Å². The van der Waals surface area contributed by atoms with Gasteiger partial charge in [0.25, 0.3) is 0 Å². The molecule has 142 valence electrons. The minimum atomic E-state index is 0.817. The van der Waals surface area contributed by atoms with Crippen molar-refractivity contribution in [3.63, 3.8) is 0 Å². The van der Waals surface area contributed by atoms with E-state index < -0.39 is 0 Å². The summed E-state index contributed by atoms with van der Waals surface area (Å²) >= 11 is 0. The molecule has 0 N–H and O–H groups in total. The minimum Gasteiger partial charge on any atom is -0.462 e. The molecule has 0 amide bonds. The van der Waals surface area contributed by atoms with Crippen LogP contribution in [0, 0.1) is 6.92 Å². The smallest absolute Gasteiger partial charge is 0.160 e. The zero-order valence-corrected chi connectivity index (χ0v) is 16.5. The molecule has 0 spiro atoms. The Morgan fingerprint density at radius 2 is 1.70 bits per heavy atom. The molecule has 0 radical (unpaired) electrons. The van der Waals surface area contributed by atoms with Crippen LogP contribution in [0.1, 0.15) is 5.56 Å². The fourth-order valence-electron chi connectivity index (χ4n) is 4.24. The molecular weight excluding hydrogens is 368 g/mol. The van der Waals surface area contributed by atoms with E-state index in [1.54, 1.807) is 12.5 Å². The average molecular weight is 386 g/mol. The lowest BCUT2D eigenvalue weighted by Crippen LogP contribution is -1.89. The van der Waals surface area contributed by atoms with Crippen molar-refractivity contribution in [2.75, 3.05) is 0 Å². The fraction of sp³-hybridized carbons (Fsp3) is 0.0370. The van der Waals surface area contributed by atoms with E-state index in [-0.39, 0.29) is 0 Å². The molecule has 0 saturated heterocycles. The molecule has 3 heterocycles. The summed E-state index contributed by atoms with van der Waals surface area (Å²) < 4.78 is 5.67. The number of aromatic nitrogens is 2. The maximum Gasteiger partial charge on any atom is 0.160 e. The minimum absolute atomic E-state index is 0.817. The van der Waals surface area contributed by atoms with Gasteiger partial charge in [-0.15, -0.1) is 0 Å². The highest BCUT2D eigenvalue weighted by Gasteiger charge is 2.13. The Morgan fingerprint density at radius 3 is 2.60 bits per heavy atom. The van der Waals surface area contributed by atoms with Gasteiger partial charge in [0.1, 0.15) is 5.52 Å². The van der Waals surface area contributed by atoms with Gasteiger partial charge >= 0.3 is 0 Å². The highest BCUT2D eigenvalue weighted by molar-refractivity contribution is 6.09. The van der Waals surface area contributed by atoms with Gasteiger partial charge in [0.2, 0.25) is 0 Å². The number of aryl methyl sites for hydroxylation is 1. The molecule has 0 atom stereocenters. The van der Waals surface area contributed by atoms with Gasteiger partial charge in [-0.3, -0.25) is 9.97 Å². The molecule has 6 rings (SSSR count). The predicted octanol–water partition coefficient (Wildman–Crippen LogP) is 7.17. The third-order valence-electron chi connectivity index (χ3n) is 5.69.